The van der Waals surface area contributed by atoms with Gasteiger partial charge in [0.25, 0.3) is 11.5 Å². The van der Waals surface area contributed by atoms with Crippen molar-refractivity contribution in [1.29, 1.82) is 0 Å². The zero-order valence-corrected chi connectivity index (χ0v) is 25.2. The highest BCUT2D eigenvalue weighted by atomic mass is 32.2. The monoisotopic (exact) mass is 597 g/mol. The third-order valence-electron chi connectivity index (χ3n) is 7.70. The number of rotatable bonds is 7. The lowest BCUT2D eigenvalue weighted by Gasteiger charge is -2.37. The van der Waals surface area contributed by atoms with Gasteiger partial charge in [-0.15, -0.1) is 0 Å². The number of aromatic nitrogens is 2. The first-order valence-electron chi connectivity index (χ1n) is 13.9. The molecular formula is C32H31N5O3S2. The summed E-state index contributed by atoms with van der Waals surface area (Å²) < 4.78 is 7.37. The number of aryl methyl sites for hydroxylation is 1. The first-order chi connectivity index (χ1) is 20.4. The average molecular weight is 598 g/mol. The van der Waals surface area contributed by atoms with Crippen LogP contribution in [0.2, 0.25) is 0 Å². The maximum Gasteiger partial charge on any atom is 0.267 e. The molecule has 0 radical (unpaired) electrons. The number of methoxy groups -OCH3 is 1. The maximum atomic E-state index is 13.9. The topological polar surface area (TPSA) is 70.4 Å². The number of thiocarbonyl (C=S) groups is 1. The number of piperazine rings is 1. The molecule has 0 saturated carbocycles. The van der Waals surface area contributed by atoms with E-state index in [9.17, 15) is 9.59 Å². The van der Waals surface area contributed by atoms with Gasteiger partial charge in [-0.05, 0) is 60.9 Å². The molecular weight excluding hydrogens is 567 g/mol. The fourth-order valence-electron chi connectivity index (χ4n) is 5.35. The van der Waals surface area contributed by atoms with Gasteiger partial charge in [0.15, 0.2) is 0 Å². The minimum atomic E-state index is -0.203. The molecule has 42 heavy (non-hydrogen) atoms. The number of ether oxygens (including phenoxy) is 1. The molecule has 0 aliphatic carbocycles. The quantitative estimate of drug-likeness (QED) is 0.223. The van der Waals surface area contributed by atoms with Crippen LogP contribution in [0.1, 0.15) is 16.7 Å². The molecule has 4 aromatic rings. The third kappa shape index (κ3) is 5.52. The molecule has 10 heteroatoms. The normalized spacial score (nSPS) is 16.6. The first kappa shape index (κ1) is 28.0. The number of anilines is 2. The Kier molecular flexibility index (Phi) is 7.99. The second-order valence-corrected chi connectivity index (χ2v) is 12.0. The van der Waals surface area contributed by atoms with Crippen LogP contribution in [0.15, 0.2) is 82.6 Å². The van der Waals surface area contributed by atoms with Crippen LogP contribution in [0.4, 0.5) is 11.5 Å². The second-order valence-electron chi connectivity index (χ2n) is 10.3. The molecule has 6 rings (SSSR count). The summed E-state index contributed by atoms with van der Waals surface area (Å²) >= 11 is 6.83. The number of hydrogen-bond acceptors (Lipinski definition) is 8. The van der Waals surface area contributed by atoms with Crippen LogP contribution < -0.4 is 20.1 Å². The number of nitrogens with zero attached hydrogens (tertiary/aromatic N) is 5. The number of carbonyl (C=O) groups excluding carboxylic acids is 1. The van der Waals surface area contributed by atoms with Crippen LogP contribution in [0.25, 0.3) is 11.7 Å². The van der Waals surface area contributed by atoms with Crippen LogP contribution in [0.5, 0.6) is 5.75 Å². The number of benzene rings is 2. The first-order valence-corrected chi connectivity index (χ1v) is 15.1. The molecule has 0 atom stereocenters. The molecule has 4 heterocycles. The van der Waals surface area contributed by atoms with Gasteiger partial charge in [-0.1, -0.05) is 60.4 Å². The molecule has 214 valence electrons. The van der Waals surface area contributed by atoms with Crippen LogP contribution in [0.3, 0.4) is 0 Å². The molecule has 2 saturated heterocycles. The van der Waals surface area contributed by atoms with E-state index in [2.05, 4.69) is 21.9 Å². The van der Waals surface area contributed by atoms with E-state index in [4.69, 9.17) is 21.9 Å². The smallest absolute Gasteiger partial charge is 0.267 e. The Morgan fingerprint density at radius 2 is 1.67 bits per heavy atom. The van der Waals surface area contributed by atoms with Gasteiger partial charge in [-0.3, -0.25) is 18.9 Å². The van der Waals surface area contributed by atoms with Crippen molar-refractivity contribution in [3.63, 3.8) is 0 Å². The van der Waals surface area contributed by atoms with Crippen molar-refractivity contribution >= 4 is 57.4 Å². The minimum Gasteiger partial charge on any atom is -0.497 e. The maximum absolute atomic E-state index is 13.9. The number of hydrogen-bond donors (Lipinski definition) is 0. The van der Waals surface area contributed by atoms with E-state index in [1.807, 2.05) is 61.5 Å². The molecule has 0 unspecified atom stereocenters. The predicted octanol–water partition coefficient (Wildman–Crippen LogP) is 4.78. The van der Waals surface area contributed by atoms with Crippen molar-refractivity contribution in [2.75, 3.05) is 49.6 Å². The highest BCUT2D eigenvalue weighted by molar-refractivity contribution is 8.26. The Bertz CT molecular complexity index is 1730. The molecule has 2 aliphatic heterocycles. The van der Waals surface area contributed by atoms with Crippen LogP contribution >= 0.6 is 24.0 Å². The Labute approximate surface area is 254 Å². The van der Waals surface area contributed by atoms with Gasteiger partial charge in [-0.2, -0.15) is 0 Å². The van der Waals surface area contributed by atoms with Crippen LogP contribution in [-0.4, -0.2) is 64.3 Å². The molecule has 2 fully saturated rings. The van der Waals surface area contributed by atoms with Gasteiger partial charge in [0, 0.05) is 44.6 Å². The minimum absolute atomic E-state index is 0.176. The van der Waals surface area contributed by atoms with E-state index in [0.717, 1.165) is 35.7 Å². The van der Waals surface area contributed by atoms with Crippen molar-refractivity contribution in [3.05, 3.63) is 105 Å². The van der Waals surface area contributed by atoms with Crippen LogP contribution in [0, 0.1) is 6.92 Å². The molecule has 2 aliphatic rings. The van der Waals surface area contributed by atoms with Gasteiger partial charge in [0.2, 0.25) is 0 Å². The number of amides is 1. The zero-order chi connectivity index (χ0) is 29.2. The summed E-state index contributed by atoms with van der Waals surface area (Å²) in [5, 5.41) is 0. The van der Waals surface area contributed by atoms with E-state index in [1.165, 1.54) is 11.8 Å². The summed E-state index contributed by atoms with van der Waals surface area (Å²) in [6.07, 6.45) is 4.12. The summed E-state index contributed by atoms with van der Waals surface area (Å²) in [5.74, 6) is 1.24. The van der Waals surface area contributed by atoms with Crippen molar-refractivity contribution < 1.29 is 9.53 Å². The molecule has 0 spiro atoms. The standard InChI is InChI=1S/C32H31N5O3S2/c1-22-7-6-15-36-28(22)33-29(35-19-17-34(18-20-35)24-10-12-25(40-2)13-11-24)26(30(36)38)21-27-31(39)37(32(41)42-27)16-14-23-8-4-3-5-9-23/h3-13,15,21H,14,16-20H2,1-2H3/b27-21-. The molecule has 2 aromatic carbocycles. The van der Waals surface area contributed by atoms with Gasteiger partial charge in [-0.25, -0.2) is 4.98 Å². The molecule has 1 amide bonds. The number of thioether (sulfide) groups is 1. The van der Waals surface area contributed by atoms with Gasteiger partial charge < -0.3 is 14.5 Å². The fraction of sp³-hybridized carbons (Fsp3) is 0.250. The molecule has 0 N–H and O–H groups in total. The Balaban J connectivity index is 1.30. The van der Waals surface area contributed by atoms with Gasteiger partial charge in [0.05, 0.1) is 17.6 Å². The van der Waals surface area contributed by atoms with E-state index in [0.29, 0.717) is 52.3 Å². The second kappa shape index (κ2) is 12.0. The Morgan fingerprint density at radius 1 is 0.952 bits per heavy atom. The number of fused-ring (bicyclic) bond motifs is 1. The molecule has 0 bridgehead atoms. The summed E-state index contributed by atoms with van der Waals surface area (Å²) in [4.78, 5) is 38.9. The molecule has 2 aromatic heterocycles. The van der Waals surface area contributed by atoms with Gasteiger partial charge >= 0.3 is 0 Å². The Hall–Kier alpha value is -4.15. The lowest BCUT2D eigenvalue weighted by molar-refractivity contribution is -0.122. The highest BCUT2D eigenvalue weighted by Gasteiger charge is 2.33. The summed E-state index contributed by atoms with van der Waals surface area (Å²) in [5.41, 5.74) is 3.98. The largest absolute Gasteiger partial charge is 0.497 e. The summed E-state index contributed by atoms with van der Waals surface area (Å²) in [6.45, 7) is 5.33. The van der Waals surface area contributed by atoms with Crippen molar-refractivity contribution in [3.8, 4) is 5.75 Å². The van der Waals surface area contributed by atoms with Crippen molar-refractivity contribution in [1.82, 2.24) is 14.3 Å². The van der Waals surface area contributed by atoms with Crippen molar-refractivity contribution in [2.45, 2.75) is 13.3 Å². The SMILES string of the molecule is COc1ccc(N2CCN(c3nc4c(C)cccn4c(=O)c3/C=C3\SC(=S)N(CCc4ccccc4)C3=O)CC2)cc1. The van der Waals surface area contributed by atoms with E-state index >= 15 is 0 Å². The summed E-state index contributed by atoms with van der Waals surface area (Å²) in [6, 6.07) is 21.9. The van der Waals surface area contributed by atoms with E-state index in [1.54, 1.807) is 28.7 Å². The lowest BCUT2D eigenvalue weighted by atomic mass is 10.1. The fourth-order valence-corrected chi connectivity index (χ4v) is 6.64. The summed E-state index contributed by atoms with van der Waals surface area (Å²) in [7, 11) is 1.66. The number of carbonyl (C=O) groups is 1. The van der Waals surface area contributed by atoms with E-state index in [-0.39, 0.29) is 11.5 Å². The van der Waals surface area contributed by atoms with E-state index < -0.39 is 0 Å². The zero-order valence-electron chi connectivity index (χ0n) is 23.5. The predicted molar refractivity (Wildman–Crippen MR) is 174 cm³/mol. The lowest BCUT2D eigenvalue weighted by Crippen LogP contribution is -2.47. The van der Waals surface area contributed by atoms with Crippen LogP contribution in [-0.2, 0) is 11.2 Å². The molecule has 8 nitrogen and oxygen atoms in total. The third-order valence-corrected chi connectivity index (χ3v) is 9.07. The van der Waals surface area contributed by atoms with Gasteiger partial charge in [0.1, 0.15) is 21.5 Å². The van der Waals surface area contributed by atoms with Crippen molar-refractivity contribution in [2.24, 2.45) is 0 Å². The highest BCUT2D eigenvalue weighted by Crippen LogP contribution is 2.34. The number of pyridine rings is 1. The average Bonchev–Trinajstić information content (AvgIpc) is 3.29. The Morgan fingerprint density at radius 3 is 2.38 bits per heavy atom.